The molecule has 2 aromatic heterocycles. The average Bonchev–Trinajstić information content (AvgIpc) is 3.44. The van der Waals surface area contributed by atoms with Crippen LogP contribution < -0.4 is 0 Å². The lowest BCUT2D eigenvalue weighted by atomic mass is 9.72. The smallest absolute Gasteiger partial charge is 0.276 e. The van der Waals surface area contributed by atoms with E-state index in [9.17, 15) is 9.90 Å². The van der Waals surface area contributed by atoms with Gasteiger partial charge in [0.1, 0.15) is 5.76 Å². The molecule has 5 rings (SSSR count). The van der Waals surface area contributed by atoms with Crippen molar-refractivity contribution in [2.75, 3.05) is 13.1 Å². The topological polar surface area (TPSA) is 84.4 Å². The number of amides is 1. The van der Waals surface area contributed by atoms with Crippen LogP contribution in [0.2, 0.25) is 0 Å². The third-order valence-electron chi connectivity index (χ3n) is 6.42. The van der Waals surface area contributed by atoms with Gasteiger partial charge in [0.05, 0.1) is 18.5 Å². The van der Waals surface area contributed by atoms with Gasteiger partial charge in [-0.05, 0) is 30.9 Å². The summed E-state index contributed by atoms with van der Waals surface area (Å²) < 4.78 is 7.16. The van der Waals surface area contributed by atoms with Gasteiger partial charge in [-0.15, -0.1) is 0 Å². The highest BCUT2D eigenvalue weighted by Gasteiger charge is 2.53. The fraction of sp³-hybridized carbons (Fsp3) is 0.381. The zero-order chi connectivity index (χ0) is 19.3. The number of fused-ring (bicyclic) bond motifs is 2. The number of aryl methyl sites for hydroxylation is 1. The molecule has 2 atom stereocenters. The number of aromatic nitrogens is 3. The number of hydrogen-bond acceptors (Lipinski definition) is 5. The maximum atomic E-state index is 12.8. The lowest BCUT2D eigenvalue weighted by Gasteiger charge is -2.42. The average molecular weight is 378 g/mol. The monoisotopic (exact) mass is 378 g/mol. The molecular weight excluding hydrogens is 356 g/mol. The van der Waals surface area contributed by atoms with Crippen LogP contribution in [0.5, 0.6) is 0 Å². The van der Waals surface area contributed by atoms with Crippen LogP contribution in [-0.4, -0.2) is 49.6 Å². The van der Waals surface area contributed by atoms with E-state index in [2.05, 4.69) is 22.1 Å². The maximum Gasteiger partial charge on any atom is 0.276 e. The Bertz CT molecular complexity index is 1000. The molecule has 1 aliphatic heterocycles. The second-order valence-electron chi connectivity index (χ2n) is 7.69. The van der Waals surface area contributed by atoms with Crippen LogP contribution in [0.4, 0.5) is 0 Å². The molecule has 1 N–H and O–H groups in total. The number of imidazole rings is 1. The van der Waals surface area contributed by atoms with E-state index >= 15 is 0 Å². The quantitative estimate of drug-likeness (QED) is 0.740. The molecule has 3 heterocycles. The summed E-state index contributed by atoms with van der Waals surface area (Å²) >= 11 is 0. The van der Waals surface area contributed by atoms with Crippen LogP contribution in [0.1, 0.15) is 46.3 Å². The SMILES string of the molecule is Cc1ocnc1C(=O)N1CCC2(CC1)c1ccccc1[C@@H](n1ccnc1)[C@@H]2O. The number of hydrogen-bond donors (Lipinski definition) is 1. The predicted octanol–water partition coefficient (Wildman–Crippen LogP) is 2.32. The zero-order valence-electron chi connectivity index (χ0n) is 15.7. The number of oxazole rings is 1. The molecule has 1 fully saturated rings. The summed E-state index contributed by atoms with van der Waals surface area (Å²) in [6.45, 7) is 2.90. The lowest BCUT2D eigenvalue weighted by molar-refractivity contribution is 0.0206. The van der Waals surface area contributed by atoms with E-state index in [1.54, 1.807) is 19.4 Å². The molecule has 1 aromatic carbocycles. The number of carbonyl (C=O) groups excluding carboxylic acids is 1. The van der Waals surface area contributed by atoms with Gasteiger partial charge in [-0.1, -0.05) is 24.3 Å². The molecule has 0 unspecified atom stereocenters. The molecule has 1 saturated heterocycles. The maximum absolute atomic E-state index is 12.8. The third kappa shape index (κ3) is 2.36. The van der Waals surface area contributed by atoms with Crippen LogP contribution in [0, 0.1) is 6.92 Å². The minimum Gasteiger partial charge on any atom is -0.448 e. The number of likely N-dealkylation sites (tertiary alicyclic amines) is 1. The van der Waals surface area contributed by atoms with Crippen molar-refractivity contribution in [1.82, 2.24) is 19.4 Å². The molecular formula is C21H22N4O3. The summed E-state index contributed by atoms with van der Waals surface area (Å²) in [5.74, 6) is 0.435. The molecule has 28 heavy (non-hydrogen) atoms. The van der Waals surface area contributed by atoms with Crippen molar-refractivity contribution in [2.45, 2.75) is 37.3 Å². The van der Waals surface area contributed by atoms with E-state index in [0.29, 0.717) is 37.4 Å². The summed E-state index contributed by atoms with van der Waals surface area (Å²) in [5, 5.41) is 11.4. The van der Waals surface area contributed by atoms with Crippen LogP contribution in [-0.2, 0) is 5.41 Å². The molecule has 1 amide bonds. The minimum absolute atomic E-state index is 0.104. The molecule has 144 valence electrons. The van der Waals surface area contributed by atoms with Crippen LogP contribution in [0.15, 0.2) is 53.8 Å². The molecule has 1 spiro atoms. The molecule has 7 heteroatoms. The normalized spacial score (nSPS) is 23.1. The van der Waals surface area contributed by atoms with Crippen molar-refractivity contribution < 1.29 is 14.3 Å². The summed E-state index contributed by atoms with van der Waals surface area (Å²) in [6.07, 6.45) is 7.55. The fourth-order valence-corrected chi connectivity index (χ4v) is 4.93. The highest BCUT2D eigenvalue weighted by molar-refractivity contribution is 5.93. The van der Waals surface area contributed by atoms with Gasteiger partial charge in [0, 0.05) is 30.9 Å². The second-order valence-corrected chi connectivity index (χ2v) is 7.69. The van der Waals surface area contributed by atoms with Crippen molar-refractivity contribution in [3.05, 3.63) is 72.0 Å². The van der Waals surface area contributed by atoms with Gasteiger partial charge in [0.15, 0.2) is 12.1 Å². The van der Waals surface area contributed by atoms with Crippen molar-refractivity contribution in [3.8, 4) is 0 Å². The number of rotatable bonds is 2. The summed E-state index contributed by atoms with van der Waals surface area (Å²) in [6, 6.07) is 8.10. The fourth-order valence-electron chi connectivity index (χ4n) is 4.93. The Morgan fingerprint density at radius 3 is 2.75 bits per heavy atom. The molecule has 3 aromatic rings. The van der Waals surface area contributed by atoms with Gasteiger partial charge in [-0.3, -0.25) is 4.79 Å². The van der Waals surface area contributed by atoms with E-state index in [1.165, 1.54) is 12.0 Å². The Morgan fingerprint density at radius 1 is 1.29 bits per heavy atom. The van der Waals surface area contributed by atoms with E-state index < -0.39 is 6.10 Å². The van der Waals surface area contributed by atoms with Gasteiger partial charge in [0.2, 0.25) is 0 Å². The summed E-state index contributed by atoms with van der Waals surface area (Å²) in [4.78, 5) is 22.8. The minimum atomic E-state index is -0.565. The van der Waals surface area contributed by atoms with Crippen molar-refractivity contribution in [1.29, 1.82) is 0 Å². The number of carbonyl (C=O) groups is 1. The number of aliphatic hydroxyl groups excluding tert-OH is 1. The Kier molecular flexibility index (Phi) is 3.87. The van der Waals surface area contributed by atoms with Gasteiger partial charge in [-0.25, -0.2) is 9.97 Å². The molecule has 1 aliphatic carbocycles. The van der Waals surface area contributed by atoms with Crippen molar-refractivity contribution >= 4 is 5.91 Å². The number of piperidine rings is 1. The van der Waals surface area contributed by atoms with E-state index in [1.807, 2.05) is 27.8 Å². The molecule has 7 nitrogen and oxygen atoms in total. The largest absolute Gasteiger partial charge is 0.448 e. The van der Waals surface area contributed by atoms with Gasteiger partial charge in [0.25, 0.3) is 5.91 Å². The third-order valence-corrected chi connectivity index (χ3v) is 6.42. The second kappa shape index (κ2) is 6.31. The van der Waals surface area contributed by atoms with Gasteiger partial charge < -0.3 is 19.0 Å². The first-order chi connectivity index (χ1) is 13.6. The van der Waals surface area contributed by atoms with E-state index in [4.69, 9.17) is 4.42 Å². The first kappa shape index (κ1) is 17.2. The molecule has 0 bridgehead atoms. The summed E-state index contributed by atoms with van der Waals surface area (Å²) in [5.41, 5.74) is 2.34. The standard InChI is InChI=1S/C21H22N4O3/c1-14-17(23-13-28-14)20(27)24-9-6-21(7-10-24)16-5-3-2-4-15(16)18(19(21)26)25-11-8-22-12-25/h2-5,8,11-13,18-19,26H,6-7,9-10H2,1H3/t18-,19+/m1/s1. The summed E-state index contributed by atoms with van der Waals surface area (Å²) in [7, 11) is 0. The number of nitrogens with zero attached hydrogens (tertiary/aromatic N) is 4. The number of aliphatic hydroxyl groups is 1. The van der Waals surface area contributed by atoms with E-state index in [-0.39, 0.29) is 17.4 Å². The Balaban J connectivity index is 1.45. The van der Waals surface area contributed by atoms with Crippen LogP contribution in [0.3, 0.4) is 0 Å². The van der Waals surface area contributed by atoms with Crippen molar-refractivity contribution in [3.63, 3.8) is 0 Å². The molecule has 0 radical (unpaired) electrons. The highest BCUT2D eigenvalue weighted by Crippen LogP contribution is 2.52. The number of benzene rings is 1. The first-order valence-electron chi connectivity index (χ1n) is 9.56. The first-order valence-corrected chi connectivity index (χ1v) is 9.56. The lowest BCUT2D eigenvalue weighted by Crippen LogP contribution is -2.50. The van der Waals surface area contributed by atoms with Gasteiger partial charge in [-0.2, -0.15) is 0 Å². The Hall–Kier alpha value is -2.93. The van der Waals surface area contributed by atoms with Crippen LogP contribution >= 0.6 is 0 Å². The Labute approximate surface area is 162 Å². The van der Waals surface area contributed by atoms with Gasteiger partial charge >= 0.3 is 0 Å². The molecule has 0 saturated carbocycles. The predicted molar refractivity (Wildman–Crippen MR) is 101 cm³/mol. The zero-order valence-corrected chi connectivity index (χ0v) is 15.7. The molecule has 2 aliphatic rings. The highest BCUT2D eigenvalue weighted by atomic mass is 16.3. The van der Waals surface area contributed by atoms with Crippen molar-refractivity contribution in [2.24, 2.45) is 0 Å². The van der Waals surface area contributed by atoms with Crippen LogP contribution in [0.25, 0.3) is 0 Å². The Morgan fingerprint density at radius 2 is 2.07 bits per heavy atom. The van der Waals surface area contributed by atoms with E-state index in [0.717, 1.165) is 5.56 Å².